The zero-order valence-electron chi connectivity index (χ0n) is 35.7. The molecule has 5 aromatic rings. The summed E-state index contributed by atoms with van der Waals surface area (Å²) in [6, 6.07) is 28.1. The number of para-hydroxylation sites is 1. The molecule has 0 N–H and O–H groups in total. The number of fused-ring (bicyclic) bond motifs is 5. The van der Waals surface area contributed by atoms with Crippen LogP contribution < -0.4 is 4.74 Å². The van der Waals surface area contributed by atoms with E-state index in [1.807, 2.05) is 6.07 Å². The molecule has 0 spiro atoms. The fourth-order valence-electron chi connectivity index (χ4n) is 9.04. The second-order valence-electron chi connectivity index (χ2n) is 17.9. The SMILES string of the molecule is CC(OC(=O)OCCCCc1ccc2ccc3cccc4ccc1c2c34)C12OC(COC(=O)C(C)(C)C)(C=C1Oc1ccccc1)C1C(=O)N(CCOC(=O)C(C)(C)Br)C(=O)C12. The van der Waals surface area contributed by atoms with Crippen molar-refractivity contribution in [2.24, 2.45) is 17.3 Å². The number of benzene rings is 5. The Morgan fingerprint density at radius 1 is 0.758 bits per heavy atom. The number of likely N-dealkylation sites (tertiary alicyclic amines) is 1. The minimum absolute atomic E-state index is 0.0717. The zero-order valence-corrected chi connectivity index (χ0v) is 37.2. The number of carbonyl (C=O) groups excluding carboxylic acids is 5. The highest BCUT2D eigenvalue weighted by Crippen LogP contribution is 2.62. The molecule has 2 saturated heterocycles. The molecule has 5 aromatic carbocycles. The number of imide groups is 1. The maximum atomic E-state index is 14.5. The number of alkyl halides is 1. The Morgan fingerprint density at radius 2 is 1.42 bits per heavy atom. The summed E-state index contributed by atoms with van der Waals surface area (Å²) in [5.41, 5.74) is -3.21. The van der Waals surface area contributed by atoms with Gasteiger partial charge in [-0.05, 0) is 117 Å². The molecule has 0 aromatic heterocycles. The lowest BCUT2D eigenvalue weighted by atomic mass is 9.69. The van der Waals surface area contributed by atoms with E-state index < -0.39 is 75.4 Å². The van der Waals surface area contributed by atoms with Gasteiger partial charge in [-0.3, -0.25) is 24.1 Å². The summed E-state index contributed by atoms with van der Waals surface area (Å²) in [4.78, 5) is 69.1. The van der Waals surface area contributed by atoms with E-state index in [0.29, 0.717) is 12.2 Å². The molecule has 2 amide bonds. The highest BCUT2D eigenvalue weighted by Gasteiger charge is 2.79. The standard InChI is InChI=1S/C49H50BrNO11/c1-29(60-45(56)58-25-11-10-13-30-18-19-33-21-20-31-14-12-15-32-22-23-35(30)38(33)37(31)32)49-36(61-34-16-8-7-9-17-34)27-48(62-49,28-59-43(54)46(2,3)4)39-40(49)42(53)51(41(39)52)24-26-57-44(55)47(5,6)50/h7-9,12,14-23,27,29,39-40H,10-11,13,24-26,28H2,1-6H3. The van der Waals surface area contributed by atoms with Crippen molar-refractivity contribution in [3.05, 3.63) is 102 Å². The van der Waals surface area contributed by atoms with Gasteiger partial charge < -0.3 is 28.4 Å². The first-order valence-corrected chi connectivity index (χ1v) is 21.8. The Morgan fingerprint density at radius 3 is 2.11 bits per heavy atom. The van der Waals surface area contributed by atoms with Gasteiger partial charge in [-0.2, -0.15) is 0 Å². The van der Waals surface area contributed by atoms with Gasteiger partial charge in [-0.15, -0.1) is 0 Å². The van der Waals surface area contributed by atoms with Crippen LogP contribution in [0.1, 0.15) is 59.9 Å². The maximum absolute atomic E-state index is 14.5. The summed E-state index contributed by atoms with van der Waals surface area (Å²) in [5, 5.41) is 7.33. The first kappa shape index (κ1) is 43.1. The van der Waals surface area contributed by atoms with Gasteiger partial charge in [0.15, 0.2) is 5.60 Å². The molecule has 0 saturated carbocycles. The number of carbonyl (C=O) groups is 5. The van der Waals surface area contributed by atoms with Crippen molar-refractivity contribution in [1.82, 2.24) is 4.90 Å². The molecule has 5 atom stereocenters. The van der Waals surface area contributed by atoms with Crippen LogP contribution in [0.15, 0.2) is 96.8 Å². The van der Waals surface area contributed by atoms with Crippen LogP contribution in [0.4, 0.5) is 4.79 Å². The topological polar surface area (TPSA) is 144 Å². The minimum atomic E-state index is -1.85. The fourth-order valence-corrected chi connectivity index (χ4v) is 9.16. The van der Waals surface area contributed by atoms with Crippen molar-refractivity contribution in [2.45, 2.75) is 82.4 Å². The van der Waals surface area contributed by atoms with Crippen molar-refractivity contribution in [3.63, 3.8) is 0 Å². The number of ether oxygens (including phenoxy) is 6. The van der Waals surface area contributed by atoms with Crippen LogP contribution >= 0.6 is 15.9 Å². The minimum Gasteiger partial charge on any atom is -0.463 e. The molecule has 13 heteroatoms. The van der Waals surface area contributed by atoms with Gasteiger partial charge in [-0.1, -0.05) is 88.7 Å². The number of hydrogen-bond acceptors (Lipinski definition) is 11. The normalized spacial score (nSPS) is 22.6. The molecule has 8 rings (SSSR count). The Labute approximate surface area is 368 Å². The lowest BCUT2D eigenvalue weighted by Crippen LogP contribution is -2.53. The third-order valence-electron chi connectivity index (χ3n) is 12.1. The van der Waals surface area contributed by atoms with E-state index in [2.05, 4.69) is 70.5 Å². The first-order valence-electron chi connectivity index (χ1n) is 21.0. The molecule has 12 nitrogen and oxygen atoms in total. The second kappa shape index (κ2) is 16.3. The monoisotopic (exact) mass is 907 g/mol. The summed E-state index contributed by atoms with van der Waals surface area (Å²) >= 11 is 3.27. The third kappa shape index (κ3) is 7.67. The molecule has 3 heterocycles. The van der Waals surface area contributed by atoms with Gasteiger partial charge in [0, 0.05) is 0 Å². The van der Waals surface area contributed by atoms with Gasteiger partial charge >= 0.3 is 18.1 Å². The maximum Gasteiger partial charge on any atom is 0.508 e. The summed E-state index contributed by atoms with van der Waals surface area (Å²) in [5.74, 6) is -4.35. The van der Waals surface area contributed by atoms with Crippen LogP contribution in [0.3, 0.4) is 0 Å². The van der Waals surface area contributed by atoms with Crippen LogP contribution in [-0.4, -0.2) is 82.8 Å². The molecule has 62 heavy (non-hydrogen) atoms. The Balaban J connectivity index is 1.00. The molecule has 3 aliphatic heterocycles. The number of esters is 2. The smallest absolute Gasteiger partial charge is 0.463 e. The van der Waals surface area contributed by atoms with Crippen molar-refractivity contribution in [2.75, 3.05) is 26.4 Å². The summed E-state index contributed by atoms with van der Waals surface area (Å²) < 4.78 is 35.0. The number of amides is 2. The average molecular weight is 909 g/mol. The molecular formula is C49H50BrNO11. The predicted molar refractivity (Wildman–Crippen MR) is 235 cm³/mol. The van der Waals surface area contributed by atoms with Crippen molar-refractivity contribution in [3.8, 4) is 5.75 Å². The highest BCUT2D eigenvalue weighted by atomic mass is 79.9. The van der Waals surface area contributed by atoms with Crippen LogP contribution in [0.5, 0.6) is 5.75 Å². The number of rotatable bonds is 15. The van der Waals surface area contributed by atoms with Crippen LogP contribution in [0.2, 0.25) is 0 Å². The predicted octanol–water partition coefficient (Wildman–Crippen LogP) is 8.84. The lowest BCUT2D eigenvalue weighted by Gasteiger charge is -2.37. The van der Waals surface area contributed by atoms with E-state index in [-0.39, 0.29) is 25.5 Å². The summed E-state index contributed by atoms with van der Waals surface area (Å²) in [6.07, 6.45) is 1.39. The van der Waals surface area contributed by atoms with Crippen molar-refractivity contribution < 1.29 is 52.4 Å². The van der Waals surface area contributed by atoms with E-state index in [1.165, 1.54) is 37.9 Å². The van der Waals surface area contributed by atoms with Crippen LogP contribution in [0.25, 0.3) is 32.3 Å². The molecule has 0 aliphatic carbocycles. The van der Waals surface area contributed by atoms with E-state index in [4.69, 9.17) is 28.4 Å². The number of nitrogens with zero attached hydrogens (tertiary/aromatic N) is 1. The summed E-state index contributed by atoms with van der Waals surface area (Å²) in [6.45, 7) is 9.01. The molecule has 2 fully saturated rings. The number of halogens is 1. The van der Waals surface area contributed by atoms with Gasteiger partial charge in [-0.25, -0.2) is 4.79 Å². The van der Waals surface area contributed by atoms with Gasteiger partial charge in [0.05, 0.1) is 30.4 Å². The third-order valence-corrected chi connectivity index (χ3v) is 12.4. The molecule has 2 bridgehead atoms. The molecule has 324 valence electrons. The zero-order chi connectivity index (χ0) is 44.2. The second-order valence-corrected chi connectivity index (χ2v) is 19.9. The Bertz CT molecular complexity index is 2580. The van der Waals surface area contributed by atoms with Crippen molar-refractivity contribution in [1.29, 1.82) is 0 Å². The van der Waals surface area contributed by atoms with E-state index in [9.17, 15) is 24.0 Å². The van der Waals surface area contributed by atoms with Crippen LogP contribution in [-0.2, 0) is 49.3 Å². The van der Waals surface area contributed by atoms with Gasteiger partial charge in [0.2, 0.25) is 11.8 Å². The number of unbranched alkanes of at least 4 members (excludes halogenated alkanes) is 1. The Hall–Kier alpha value is -5.53. The Kier molecular flexibility index (Phi) is 11.3. The van der Waals surface area contributed by atoms with Crippen molar-refractivity contribution >= 4 is 78.2 Å². The molecule has 0 radical (unpaired) electrons. The molecular weight excluding hydrogens is 858 g/mol. The lowest BCUT2D eigenvalue weighted by molar-refractivity contribution is -0.176. The highest BCUT2D eigenvalue weighted by molar-refractivity contribution is 9.10. The number of hydrogen-bond donors (Lipinski definition) is 0. The van der Waals surface area contributed by atoms with E-state index in [0.717, 1.165) is 17.7 Å². The number of aryl methyl sites for hydroxylation is 1. The molecule has 3 aliphatic rings. The molecule has 5 unspecified atom stereocenters. The van der Waals surface area contributed by atoms with Crippen LogP contribution in [0, 0.1) is 17.3 Å². The average Bonchev–Trinajstić information content (AvgIpc) is 3.82. The first-order chi connectivity index (χ1) is 29.4. The van der Waals surface area contributed by atoms with E-state index >= 15 is 0 Å². The van der Waals surface area contributed by atoms with Gasteiger partial charge in [0.25, 0.3) is 0 Å². The quantitative estimate of drug-likeness (QED) is 0.0248. The largest absolute Gasteiger partial charge is 0.508 e. The van der Waals surface area contributed by atoms with E-state index in [1.54, 1.807) is 71.9 Å². The summed E-state index contributed by atoms with van der Waals surface area (Å²) in [7, 11) is 0. The fraction of sp³-hybridized carbons (Fsp3) is 0.408. The van der Waals surface area contributed by atoms with Gasteiger partial charge in [0.1, 0.15) is 40.8 Å².